The highest BCUT2D eigenvalue weighted by atomic mass is 32.2. The number of hydrogen-bond acceptors (Lipinski definition) is 4. The molecule has 0 bridgehead atoms. The fraction of sp³-hybridized carbons (Fsp3) is 1.00. The molecule has 0 aromatic heterocycles. The summed E-state index contributed by atoms with van der Waals surface area (Å²) < 4.78 is 22.9. The van der Waals surface area contributed by atoms with E-state index in [2.05, 4.69) is 5.32 Å². The van der Waals surface area contributed by atoms with Crippen molar-refractivity contribution < 1.29 is 13.5 Å². The van der Waals surface area contributed by atoms with Gasteiger partial charge in [-0.2, -0.15) is 0 Å². The summed E-state index contributed by atoms with van der Waals surface area (Å²) in [6, 6.07) is 0.298. The van der Waals surface area contributed by atoms with Crippen LogP contribution in [-0.2, 0) is 9.84 Å². The average Bonchev–Trinajstić information content (AvgIpc) is 2.16. The SMILES string of the molecule is CC(O)CCNC1CCCC(S(C)(=O)=O)C1. The first kappa shape index (κ1) is 13.9. The van der Waals surface area contributed by atoms with E-state index in [1.165, 1.54) is 6.26 Å². The molecule has 1 aliphatic rings. The van der Waals surface area contributed by atoms with Gasteiger partial charge in [0.15, 0.2) is 0 Å². The summed E-state index contributed by atoms with van der Waals surface area (Å²) in [7, 11) is -2.89. The Bertz CT molecular complexity index is 300. The molecule has 0 saturated heterocycles. The maximum Gasteiger partial charge on any atom is 0.150 e. The molecule has 2 N–H and O–H groups in total. The van der Waals surface area contributed by atoms with Crippen LogP contribution >= 0.6 is 0 Å². The van der Waals surface area contributed by atoms with Crippen LogP contribution in [0.3, 0.4) is 0 Å². The standard InChI is InChI=1S/C11H23NO3S/c1-9(13)6-7-12-10-4-3-5-11(8-10)16(2,14)15/h9-13H,3-8H2,1-2H3. The van der Waals surface area contributed by atoms with Crippen molar-refractivity contribution in [3.05, 3.63) is 0 Å². The summed E-state index contributed by atoms with van der Waals surface area (Å²) in [4.78, 5) is 0. The lowest BCUT2D eigenvalue weighted by molar-refractivity contribution is 0.180. The third kappa shape index (κ3) is 4.80. The number of rotatable bonds is 5. The van der Waals surface area contributed by atoms with Gasteiger partial charge in [-0.25, -0.2) is 8.42 Å². The Morgan fingerprint density at radius 2 is 2.12 bits per heavy atom. The van der Waals surface area contributed by atoms with Crippen LogP contribution < -0.4 is 5.32 Å². The highest BCUT2D eigenvalue weighted by Crippen LogP contribution is 2.23. The second-order valence-corrected chi connectivity index (χ2v) is 7.23. The van der Waals surface area contributed by atoms with Crippen molar-refractivity contribution in [1.29, 1.82) is 0 Å². The Morgan fingerprint density at radius 1 is 1.44 bits per heavy atom. The maximum atomic E-state index is 11.4. The fourth-order valence-corrected chi connectivity index (χ4v) is 3.39. The van der Waals surface area contributed by atoms with Gasteiger partial charge >= 0.3 is 0 Å². The van der Waals surface area contributed by atoms with Crippen molar-refractivity contribution in [3.63, 3.8) is 0 Å². The smallest absolute Gasteiger partial charge is 0.150 e. The van der Waals surface area contributed by atoms with Gasteiger partial charge in [0.2, 0.25) is 0 Å². The summed E-state index contributed by atoms with van der Waals surface area (Å²) in [6.45, 7) is 2.53. The van der Waals surface area contributed by atoms with Crippen LogP contribution in [0.15, 0.2) is 0 Å². The van der Waals surface area contributed by atoms with Crippen LogP contribution in [-0.4, -0.2) is 43.7 Å². The van der Waals surface area contributed by atoms with Crippen molar-refractivity contribution in [2.45, 2.75) is 56.4 Å². The molecule has 1 fully saturated rings. The molecule has 5 heteroatoms. The minimum Gasteiger partial charge on any atom is -0.393 e. The van der Waals surface area contributed by atoms with Gasteiger partial charge in [0.25, 0.3) is 0 Å². The Hall–Kier alpha value is -0.130. The van der Waals surface area contributed by atoms with Gasteiger partial charge in [0.1, 0.15) is 9.84 Å². The lowest BCUT2D eigenvalue weighted by atomic mass is 9.95. The zero-order valence-corrected chi connectivity index (χ0v) is 11.0. The largest absolute Gasteiger partial charge is 0.393 e. The van der Waals surface area contributed by atoms with Gasteiger partial charge < -0.3 is 10.4 Å². The first-order valence-electron chi connectivity index (χ1n) is 6.00. The third-order valence-electron chi connectivity index (χ3n) is 3.23. The number of hydrogen-bond donors (Lipinski definition) is 2. The van der Waals surface area contributed by atoms with Crippen LogP contribution in [0.2, 0.25) is 0 Å². The molecule has 0 aromatic rings. The summed E-state index contributed by atoms with van der Waals surface area (Å²) in [5, 5.41) is 12.3. The second kappa shape index (κ2) is 5.98. The highest BCUT2D eigenvalue weighted by Gasteiger charge is 2.28. The van der Waals surface area contributed by atoms with Crippen LogP contribution in [0.4, 0.5) is 0 Å². The molecular formula is C11H23NO3S. The lowest BCUT2D eigenvalue weighted by Crippen LogP contribution is -2.39. The quantitative estimate of drug-likeness (QED) is 0.753. The van der Waals surface area contributed by atoms with Gasteiger partial charge in [-0.15, -0.1) is 0 Å². The molecule has 1 rings (SSSR count). The van der Waals surface area contributed by atoms with Crippen LogP contribution in [0.5, 0.6) is 0 Å². The molecule has 16 heavy (non-hydrogen) atoms. The van der Waals surface area contributed by atoms with Gasteiger partial charge in [-0.3, -0.25) is 0 Å². The Labute approximate surface area is 98.4 Å². The molecule has 3 atom stereocenters. The van der Waals surface area contributed by atoms with E-state index >= 15 is 0 Å². The topological polar surface area (TPSA) is 66.4 Å². The lowest BCUT2D eigenvalue weighted by Gasteiger charge is -2.28. The molecule has 3 unspecified atom stereocenters. The summed E-state index contributed by atoms with van der Waals surface area (Å²) >= 11 is 0. The molecule has 0 heterocycles. The van der Waals surface area contributed by atoms with Gasteiger partial charge in [0, 0.05) is 12.3 Å². The van der Waals surface area contributed by atoms with E-state index in [0.29, 0.717) is 6.04 Å². The predicted octanol–water partition coefficient (Wildman–Crippen LogP) is 0.703. The number of sulfone groups is 1. The first-order chi connectivity index (χ1) is 7.39. The summed E-state index contributed by atoms with van der Waals surface area (Å²) in [6.07, 6.45) is 5.31. The first-order valence-corrected chi connectivity index (χ1v) is 7.95. The molecule has 1 aliphatic carbocycles. The summed E-state index contributed by atoms with van der Waals surface area (Å²) in [5.74, 6) is 0. The normalized spacial score (nSPS) is 28.9. The van der Waals surface area contributed by atoms with E-state index in [4.69, 9.17) is 5.11 Å². The molecule has 0 radical (unpaired) electrons. The average molecular weight is 249 g/mol. The van der Waals surface area contributed by atoms with Gasteiger partial charge in [0.05, 0.1) is 11.4 Å². The van der Waals surface area contributed by atoms with Crippen molar-refractivity contribution in [3.8, 4) is 0 Å². The van der Waals surface area contributed by atoms with Crippen LogP contribution in [0.1, 0.15) is 39.0 Å². The molecule has 0 amide bonds. The summed E-state index contributed by atoms with van der Waals surface area (Å²) in [5.41, 5.74) is 0. The molecule has 0 aliphatic heterocycles. The number of aliphatic hydroxyl groups is 1. The molecular weight excluding hydrogens is 226 g/mol. The van der Waals surface area contributed by atoms with E-state index in [-0.39, 0.29) is 11.4 Å². The van der Waals surface area contributed by atoms with Gasteiger partial charge in [-0.1, -0.05) is 6.42 Å². The van der Waals surface area contributed by atoms with E-state index in [1.54, 1.807) is 6.92 Å². The van der Waals surface area contributed by atoms with Crippen molar-refractivity contribution in [2.75, 3.05) is 12.8 Å². The zero-order valence-electron chi connectivity index (χ0n) is 10.1. The monoisotopic (exact) mass is 249 g/mol. The van der Waals surface area contributed by atoms with Crippen molar-refractivity contribution in [2.24, 2.45) is 0 Å². The third-order valence-corrected chi connectivity index (χ3v) is 4.87. The van der Waals surface area contributed by atoms with Crippen molar-refractivity contribution in [1.82, 2.24) is 5.32 Å². The van der Waals surface area contributed by atoms with E-state index in [1.807, 2.05) is 0 Å². The molecule has 96 valence electrons. The van der Waals surface area contributed by atoms with Crippen molar-refractivity contribution >= 4 is 9.84 Å². The number of nitrogens with one attached hydrogen (secondary N) is 1. The van der Waals surface area contributed by atoms with E-state index in [9.17, 15) is 8.42 Å². The van der Waals surface area contributed by atoms with E-state index < -0.39 is 9.84 Å². The molecule has 0 spiro atoms. The minimum atomic E-state index is -2.89. The fourth-order valence-electron chi connectivity index (χ4n) is 2.22. The molecule has 4 nitrogen and oxygen atoms in total. The second-order valence-electron chi connectivity index (χ2n) is 4.91. The Kier molecular flexibility index (Phi) is 5.21. The Morgan fingerprint density at radius 3 is 2.69 bits per heavy atom. The maximum absolute atomic E-state index is 11.4. The van der Waals surface area contributed by atoms with E-state index in [0.717, 1.165) is 38.6 Å². The highest BCUT2D eigenvalue weighted by molar-refractivity contribution is 7.91. The zero-order chi connectivity index (χ0) is 12.2. The number of aliphatic hydroxyl groups excluding tert-OH is 1. The van der Waals surface area contributed by atoms with Crippen LogP contribution in [0, 0.1) is 0 Å². The Balaban J connectivity index is 2.34. The van der Waals surface area contributed by atoms with Gasteiger partial charge in [-0.05, 0) is 39.2 Å². The van der Waals surface area contributed by atoms with Crippen LogP contribution in [0.25, 0.3) is 0 Å². The predicted molar refractivity (Wildman–Crippen MR) is 65.2 cm³/mol. The molecule has 0 aromatic carbocycles. The minimum absolute atomic E-state index is 0.176. The molecule has 1 saturated carbocycles.